The number of rotatable bonds is 24. The molecule has 0 aromatic carbocycles. The van der Waals surface area contributed by atoms with Gasteiger partial charge in [-0.2, -0.15) is 0 Å². The molecule has 0 saturated carbocycles. The Morgan fingerprint density at radius 2 is 1.40 bits per heavy atom. The van der Waals surface area contributed by atoms with Crippen LogP contribution < -0.4 is 11.2 Å². The Kier molecular flexibility index (Phi) is 18.8. The smallest absolute Gasteiger partial charge is 0.331 e. The van der Waals surface area contributed by atoms with Crippen molar-refractivity contribution in [3.05, 3.63) is 33.1 Å². The van der Waals surface area contributed by atoms with Gasteiger partial charge in [-0.25, -0.2) is 4.79 Å². The number of aryl methyl sites for hydroxylation is 1. The molecule has 0 fully saturated rings. The molecule has 0 bridgehead atoms. The molecule has 0 spiro atoms. The minimum absolute atomic E-state index is 0.160. The quantitative estimate of drug-likeness (QED) is 0.0881. The SMILES string of the molecule is CCCCCCCCCCCCCCCC(OCCCn1ccc(=O)n(CC[N+](C)(C)C)c1=O)C(C)OC(C)=O. The summed E-state index contributed by atoms with van der Waals surface area (Å²) in [6.07, 6.45) is 19.6. The molecule has 0 aliphatic carbocycles. The van der Waals surface area contributed by atoms with E-state index < -0.39 is 0 Å². The Labute approximate surface area is 243 Å². The van der Waals surface area contributed by atoms with Gasteiger partial charge < -0.3 is 18.5 Å². The summed E-state index contributed by atoms with van der Waals surface area (Å²) in [7, 11) is 6.11. The molecule has 40 heavy (non-hydrogen) atoms. The highest BCUT2D eigenvalue weighted by atomic mass is 16.6. The third-order valence-corrected chi connectivity index (χ3v) is 7.48. The minimum Gasteiger partial charge on any atom is -0.460 e. The molecule has 0 aliphatic rings. The van der Waals surface area contributed by atoms with Crippen LogP contribution in [0.4, 0.5) is 0 Å². The summed E-state index contributed by atoms with van der Waals surface area (Å²) in [5, 5.41) is 0. The van der Waals surface area contributed by atoms with Crippen LogP contribution in [0.5, 0.6) is 0 Å². The van der Waals surface area contributed by atoms with Crippen molar-refractivity contribution in [3.8, 4) is 0 Å². The number of esters is 1. The molecule has 2 atom stereocenters. The highest BCUT2D eigenvalue weighted by Crippen LogP contribution is 2.17. The van der Waals surface area contributed by atoms with E-state index in [4.69, 9.17) is 9.47 Å². The maximum atomic E-state index is 12.8. The molecule has 0 radical (unpaired) electrons. The lowest BCUT2D eigenvalue weighted by Crippen LogP contribution is -2.45. The van der Waals surface area contributed by atoms with Gasteiger partial charge in [0, 0.05) is 32.3 Å². The fourth-order valence-corrected chi connectivity index (χ4v) is 4.96. The third kappa shape index (κ3) is 17.0. The largest absolute Gasteiger partial charge is 0.460 e. The lowest BCUT2D eigenvalue weighted by molar-refractivity contribution is -0.871. The van der Waals surface area contributed by atoms with Crippen molar-refractivity contribution in [2.24, 2.45) is 0 Å². The number of aromatic nitrogens is 2. The van der Waals surface area contributed by atoms with Crippen LogP contribution >= 0.6 is 0 Å². The molecular formula is C32H60N3O5+. The second-order valence-corrected chi connectivity index (χ2v) is 12.4. The first-order valence-electron chi connectivity index (χ1n) is 15.9. The second-order valence-electron chi connectivity index (χ2n) is 12.4. The molecule has 0 N–H and O–H groups in total. The number of unbranched alkanes of at least 4 members (excludes halogenated alkanes) is 12. The topological polar surface area (TPSA) is 79.5 Å². The zero-order valence-electron chi connectivity index (χ0n) is 26.6. The molecule has 8 heteroatoms. The molecular weight excluding hydrogens is 506 g/mol. The van der Waals surface area contributed by atoms with Crippen LogP contribution in [0.1, 0.15) is 117 Å². The van der Waals surface area contributed by atoms with E-state index in [1.165, 1.54) is 88.2 Å². The third-order valence-electron chi connectivity index (χ3n) is 7.48. The number of carbonyl (C=O) groups excluding carboxylic acids is 1. The van der Waals surface area contributed by atoms with Crippen molar-refractivity contribution in [3.63, 3.8) is 0 Å². The van der Waals surface area contributed by atoms with E-state index in [-0.39, 0.29) is 29.4 Å². The molecule has 1 aromatic heterocycles. The lowest BCUT2D eigenvalue weighted by atomic mass is 10.0. The molecule has 0 saturated heterocycles. The lowest BCUT2D eigenvalue weighted by Gasteiger charge is -2.24. The predicted octanol–water partition coefficient (Wildman–Crippen LogP) is 5.92. The Balaban J connectivity index is 2.39. The van der Waals surface area contributed by atoms with Crippen LogP contribution in [0, 0.1) is 0 Å². The number of hydrogen-bond donors (Lipinski definition) is 0. The molecule has 2 unspecified atom stereocenters. The van der Waals surface area contributed by atoms with Gasteiger partial charge in [0.2, 0.25) is 0 Å². The van der Waals surface area contributed by atoms with Crippen molar-refractivity contribution < 1.29 is 18.8 Å². The van der Waals surface area contributed by atoms with Gasteiger partial charge in [0.05, 0.1) is 40.3 Å². The van der Waals surface area contributed by atoms with E-state index in [9.17, 15) is 14.4 Å². The molecule has 1 rings (SSSR count). The molecule has 1 aromatic rings. The van der Waals surface area contributed by atoms with Crippen molar-refractivity contribution in [2.75, 3.05) is 34.3 Å². The van der Waals surface area contributed by atoms with Crippen molar-refractivity contribution in [1.29, 1.82) is 0 Å². The van der Waals surface area contributed by atoms with Crippen molar-refractivity contribution >= 4 is 5.97 Å². The molecule has 1 heterocycles. The molecule has 232 valence electrons. The van der Waals surface area contributed by atoms with Gasteiger partial charge in [-0.15, -0.1) is 0 Å². The molecule has 0 amide bonds. The number of carbonyl (C=O) groups is 1. The summed E-state index contributed by atoms with van der Waals surface area (Å²) < 4.78 is 15.2. The maximum absolute atomic E-state index is 12.8. The maximum Gasteiger partial charge on any atom is 0.331 e. The van der Waals surface area contributed by atoms with Crippen molar-refractivity contribution in [1.82, 2.24) is 9.13 Å². The molecule has 8 nitrogen and oxygen atoms in total. The zero-order valence-corrected chi connectivity index (χ0v) is 26.6. The molecule has 0 aliphatic heterocycles. The minimum atomic E-state index is -0.310. The summed E-state index contributed by atoms with van der Waals surface area (Å²) in [5.74, 6) is -0.297. The van der Waals surface area contributed by atoms with Crippen molar-refractivity contribution in [2.45, 2.75) is 142 Å². The van der Waals surface area contributed by atoms with Crippen LogP contribution in [0.25, 0.3) is 0 Å². The summed E-state index contributed by atoms with van der Waals surface area (Å²) in [6, 6.07) is 1.46. The number of likely N-dealkylation sites (N-methyl/N-ethyl adjacent to an activating group) is 1. The van der Waals surface area contributed by atoms with E-state index in [0.29, 0.717) is 37.1 Å². The highest BCUT2D eigenvalue weighted by Gasteiger charge is 2.20. The number of ether oxygens (including phenoxy) is 2. The average Bonchev–Trinajstić information content (AvgIpc) is 2.87. The van der Waals surface area contributed by atoms with Gasteiger partial charge in [0.15, 0.2) is 0 Å². The van der Waals surface area contributed by atoms with Gasteiger partial charge in [0.1, 0.15) is 6.10 Å². The van der Waals surface area contributed by atoms with Crippen LogP contribution in [0.15, 0.2) is 21.9 Å². The standard InChI is InChI=1S/C32H60N3O5/c1-7-8-9-10-11-12-13-14-15-16-17-18-19-21-30(28(2)40-29(3)36)39-27-20-23-33-24-22-31(37)34(32(33)38)25-26-35(4,5)6/h22,24,28,30H,7-21,23,25-27H2,1-6H3/q+1. The fraction of sp³-hybridized carbons (Fsp3) is 0.844. The number of quaternary nitrogens is 1. The predicted molar refractivity (Wildman–Crippen MR) is 164 cm³/mol. The van der Waals surface area contributed by atoms with Crippen LogP contribution in [0.3, 0.4) is 0 Å². The van der Waals surface area contributed by atoms with Gasteiger partial charge in [0.25, 0.3) is 5.56 Å². The Bertz CT molecular complexity index is 918. The normalized spacial score (nSPS) is 13.3. The Morgan fingerprint density at radius 3 is 1.93 bits per heavy atom. The van der Waals surface area contributed by atoms with E-state index in [2.05, 4.69) is 6.92 Å². The van der Waals surface area contributed by atoms with Gasteiger partial charge in [-0.3, -0.25) is 14.2 Å². The average molecular weight is 567 g/mol. The first-order valence-corrected chi connectivity index (χ1v) is 15.9. The van der Waals surface area contributed by atoms with Gasteiger partial charge in [-0.05, 0) is 19.8 Å². The summed E-state index contributed by atoms with van der Waals surface area (Å²) in [4.78, 5) is 36.6. The second kappa shape index (κ2) is 20.9. The van der Waals surface area contributed by atoms with Crippen LogP contribution in [-0.4, -0.2) is 66.1 Å². The van der Waals surface area contributed by atoms with E-state index >= 15 is 0 Å². The zero-order chi connectivity index (χ0) is 29.8. The first kappa shape index (κ1) is 36.1. The fourth-order valence-electron chi connectivity index (χ4n) is 4.96. The van der Waals surface area contributed by atoms with Gasteiger partial charge >= 0.3 is 11.7 Å². The Morgan fingerprint density at radius 1 is 0.850 bits per heavy atom. The summed E-state index contributed by atoms with van der Waals surface area (Å²) >= 11 is 0. The van der Waals surface area contributed by atoms with Crippen LogP contribution in [-0.2, 0) is 27.4 Å². The van der Waals surface area contributed by atoms with E-state index in [1.54, 1.807) is 10.8 Å². The Hall–Kier alpha value is -1.93. The number of nitrogens with zero attached hydrogens (tertiary/aromatic N) is 3. The van der Waals surface area contributed by atoms with E-state index in [1.807, 2.05) is 28.1 Å². The van der Waals surface area contributed by atoms with Gasteiger partial charge in [-0.1, -0.05) is 90.4 Å². The highest BCUT2D eigenvalue weighted by molar-refractivity contribution is 5.66. The van der Waals surface area contributed by atoms with E-state index in [0.717, 1.165) is 19.3 Å². The number of hydrogen-bond acceptors (Lipinski definition) is 5. The summed E-state index contributed by atoms with van der Waals surface area (Å²) in [6.45, 7) is 7.59. The van der Waals surface area contributed by atoms with Crippen LogP contribution in [0.2, 0.25) is 0 Å². The summed E-state index contributed by atoms with van der Waals surface area (Å²) in [5.41, 5.74) is -0.545. The monoisotopic (exact) mass is 566 g/mol. The first-order chi connectivity index (χ1) is 19.0.